The van der Waals surface area contributed by atoms with E-state index in [4.69, 9.17) is 12.2 Å². The van der Waals surface area contributed by atoms with Crippen LogP contribution in [0.25, 0.3) is 5.69 Å². The van der Waals surface area contributed by atoms with Gasteiger partial charge in [-0.1, -0.05) is 25.1 Å². The maximum Gasteiger partial charge on any atom is 0.295 e. The molecule has 6 heteroatoms. The van der Waals surface area contributed by atoms with Gasteiger partial charge >= 0.3 is 0 Å². The van der Waals surface area contributed by atoms with Crippen LogP contribution in [-0.2, 0) is 7.05 Å². The quantitative estimate of drug-likeness (QED) is 0.851. The molecule has 1 fully saturated rings. The summed E-state index contributed by atoms with van der Waals surface area (Å²) in [5, 5.41) is 3.84. The topological polar surface area (TPSA) is 42.2 Å². The molecular formula is C18H24N4OS. The average molecular weight is 344 g/mol. The molecule has 2 heterocycles. The molecule has 1 aromatic heterocycles. The van der Waals surface area contributed by atoms with Gasteiger partial charge in [-0.2, -0.15) is 0 Å². The van der Waals surface area contributed by atoms with E-state index in [1.807, 2.05) is 49.0 Å². The van der Waals surface area contributed by atoms with E-state index in [1.165, 1.54) is 0 Å². The van der Waals surface area contributed by atoms with E-state index in [1.54, 1.807) is 4.68 Å². The highest BCUT2D eigenvalue weighted by Crippen LogP contribution is 2.18. The maximum atomic E-state index is 12.9. The number of thiocarbonyl (C=S) groups is 1. The van der Waals surface area contributed by atoms with Crippen LogP contribution < -0.4 is 10.9 Å². The van der Waals surface area contributed by atoms with Gasteiger partial charge in [-0.05, 0) is 50.0 Å². The molecular weight excluding hydrogens is 320 g/mol. The summed E-state index contributed by atoms with van der Waals surface area (Å²) in [6, 6.07) is 9.65. The molecule has 0 bridgehead atoms. The van der Waals surface area contributed by atoms with Crippen molar-refractivity contribution in [1.82, 2.24) is 14.3 Å². The number of benzene rings is 1. The average Bonchev–Trinajstić information content (AvgIpc) is 2.80. The van der Waals surface area contributed by atoms with Crippen molar-refractivity contribution in [2.45, 2.75) is 26.7 Å². The number of para-hydroxylation sites is 1. The second kappa shape index (κ2) is 6.81. The lowest BCUT2D eigenvalue weighted by Gasteiger charge is -2.32. The van der Waals surface area contributed by atoms with Crippen molar-refractivity contribution < 1.29 is 0 Å². The molecule has 0 spiro atoms. The number of hydrogen-bond donors (Lipinski definition) is 1. The van der Waals surface area contributed by atoms with Crippen LogP contribution in [0.15, 0.2) is 35.1 Å². The van der Waals surface area contributed by atoms with E-state index in [-0.39, 0.29) is 5.56 Å². The van der Waals surface area contributed by atoms with Gasteiger partial charge in [-0.25, -0.2) is 4.68 Å². The number of likely N-dealkylation sites (tertiary alicyclic amines) is 1. The van der Waals surface area contributed by atoms with Gasteiger partial charge < -0.3 is 10.2 Å². The Morgan fingerprint density at radius 2 is 1.83 bits per heavy atom. The van der Waals surface area contributed by atoms with Crippen molar-refractivity contribution in [2.75, 3.05) is 18.4 Å². The number of hydrogen-bond acceptors (Lipinski definition) is 2. The Balaban J connectivity index is 1.87. The first-order valence-corrected chi connectivity index (χ1v) is 8.80. The van der Waals surface area contributed by atoms with Crippen LogP contribution in [0, 0.1) is 12.8 Å². The summed E-state index contributed by atoms with van der Waals surface area (Å²) in [5.41, 5.74) is 2.20. The van der Waals surface area contributed by atoms with Crippen molar-refractivity contribution in [3.63, 3.8) is 0 Å². The van der Waals surface area contributed by atoms with Crippen molar-refractivity contribution >= 4 is 23.0 Å². The third kappa shape index (κ3) is 3.11. The van der Waals surface area contributed by atoms with Crippen molar-refractivity contribution in [2.24, 2.45) is 13.0 Å². The number of nitrogens with zero attached hydrogens (tertiary/aromatic N) is 3. The SMILES string of the molecule is Cc1c(NC(=S)N2CCC(C)CC2)c(=O)n(-c2ccccc2)n1C. The van der Waals surface area contributed by atoms with Gasteiger partial charge in [0.2, 0.25) is 0 Å². The van der Waals surface area contributed by atoms with Crippen LogP contribution in [-0.4, -0.2) is 32.5 Å². The van der Waals surface area contributed by atoms with Crippen LogP contribution in [0.1, 0.15) is 25.5 Å². The molecule has 2 aromatic rings. The molecule has 24 heavy (non-hydrogen) atoms. The molecule has 0 unspecified atom stereocenters. The number of rotatable bonds is 2. The molecule has 0 atom stereocenters. The zero-order valence-corrected chi connectivity index (χ0v) is 15.3. The molecule has 1 aliphatic rings. The predicted octanol–water partition coefficient (Wildman–Crippen LogP) is 2.91. The zero-order chi connectivity index (χ0) is 17.3. The molecule has 1 aromatic carbocycles. The van der Waals surface area contributed by atoms with Crippen LogP contribution in [0.3, 0.4) is 0 Å². The van der Waals surface area contributed by atoms with Crippen molar-refractivity contribution in [3.05, 3.63) is 46.4 Å². The zero-order valence-electron chi connectivity index (χ0n) is 14.5. The van der Waals surface area contributed by atoms with E-state index in [0.717, 1.165) is 43.2 Å². The summed E-state index contributed by atoms with van der Waals surface area (Å²) in [7, 11) is 1.89. The molecule has 1 N–H and O–H groups in total. The van der Waals surface area contributed by atoms with E-state index < -0.39 is 0 Å². The first-order chi connectivity index (χ1) is 11.5. The van der Waals surface area contributed by atoms with Gasteiger partial charge in [0.1, 0.15) is 5.69 Å². The summed E-state index contributed by atoms with van der Waals surface area (Å²) < 4.78 is 3.53. The van der Waals surface area contributed by atoms with Crippen LogP contribution in [0.4, 0.5) is 5.69 Å². The highest BCUT2D eigenvalue weighted by Gasteiger charge is 2.21. The summed E-state index contributed by atoms with van der Waals surface area (Å²) in [6.45, 7) is 6.11. The number of aromatic nitrogens is 2. The molecule has 0 amide bonds. The molecule has 0 aliphatic carbocycles. The molecule has 5 nitrogen and oxygen atoms in total. The fourth-order valence-electron chi connectivity index (χ4n) is 3.11. The summed E-state index contributed by atoms with van der Waals surface area (Å²) in [4.78, 5) is 15.0. The molecule has 3 rings (SSSR count). The molecule has 0 saturated carbocycles. The Morgan fingerprint density at radius 3 is 2.46 bits per heavy atom. The first kappa shape index (κ1) is 16.8. The third-order valence-electron chi connectivity index (χ3n) is 4.86. The van der Waals surface area contributed by atoms with Crippen LogP contribution >= 0.6 is 12.2 Å². The lowest BCUT2D eigenvalue weighted by Crippen LogP contribution is -2.41. The van der Waals surface area contributed by atoms with Crippen molar-refractivity contribution in [3.8, 4) is 5.69 Å². The number of anilines is 1. The van der Waals surface area contributed by atoms with Gasteiger partial charge in [0.25, 0.3) is 5.56 Å². The van der Waals surface area contributed by atoms with Gasteiger partial charge in [0, 0.05) is 20.1 Å². The minimum absolute atomic E-state index is 0.0751. The van der Waals surface area contributed by atoms with E-state index >= 15 is 0 Å². The van der Waals surface area contributed by atoms with E-state index in [9.17, 15) is 4.79 Å². The van der Waals surface area contributed by atoms with Crippen LogP contribution in [0.2, 0.25) is 0 Å². The third-order valence-corrected chi connectivity index (χ3v) is 5.22. The second-order valence-corrected chi connectivity index (χ2v) is 6.92. The highest BCUT2D eigenvalue weighted by molar-refractivity contribution is 7.80. The summed E-state index contributed by atoms with van der Waals surface area (Å²) in [5.74, 6) is 0.748. The molecule has 1 saturated heterocycles. The van der Waals surface area contributed by atoms with Gasteiger partial charge in [-0.15, -0.1) is 0 Å². The number of piperidine rings is 1. The van der Waals surface area contributed by atoms with E-state index in [2.05, 4.69) is 17.1 Å². The molecule has 128 valence electrons. The largest absolute Gasteiger partial charge is 0.349 e. The minimum Gasteiger partial charge on any atom is -0.349 e. The second-order valence-electron chi connectivity index (χ2n) is 6.54. The fourth-order valence-corrected chi connectivity index (χ4v) is 3.39. The minimum atomic E-state index is -0.0751. The number of nitrogens with one attached hydrogen (secondary N) is 1. The maximum absolute atomic E-state index is 12.9. The Morgan fingerprint density at radius 1 is 1.21 bits per heavy atom. The van der Waals surface area contributed by atoms with Crippen LogP contribution in [0.5, 0.6) is 0 Å². The predicted molar refractivity (Wildman–Crippen MR) is 102 cm³/mol. The lowest BCUT2D eigenvalue weighted by molar-refractivity contribution is 0.283. The highest BCUT2D eigenvalue weighted by atomic mass is 32.1. The summed E-state index contributed by atoms with van der Waals surface area (Å²) in [6.07, 6.45) is 2.29. The Kier molecular flexibility index (Phi) is 4.76. The Hall–Kier alpha value is -2.08. The Labute approximate surface area is 147 Å². The fraction of sp³-hybridized carbons (Fsp3) is 0.444. The van der Waals surface area contributed by atoms with Crippen molar-refractivity contribution in [1.29, 1.82) is 0 Å². The molecule has 0 radical (unpaired) electrons. The smallest absolute Gasteiger partial charge is 0.295 e. The standard InChI is InChI=1S/C18H24N4OS/c1-13-9-11-21(12-10-13)18(24)19-16-14(2)20(3)22(17(16)23)15-7-5-4-6-8-15/h4-8,13H,9-12H2,1-3H3,(H,19,24). The van der Waals surface area contributed by atoms with Gasteiger partial charge in [0.05, 0.1) is 11.4 Å². The Bertz CT molecular complexity index is 785. The normalized spacial score (nSPS) is 15.5. The van der Waals surface area contributed by atoms with Gasteiger partial charge in [-0.3, -0.25) is 9.48 Å². The molecule has 1 aliphatic heterocycles. The lowest BCUT2D eigenvalue weighted by atomic mass is 10.00. The van der Waals surface area contributed by atoms with E-state index in [0.29, 0.717) is 10.8 Å². The monoisotopic (exact) mass is 344 g/mol. The first-order valence-electron chi connectivity index (χ1n) is 8.39. The van der Waals surface area contributed by atoms with Gasteiger partial charge in [0.15, 0.2) is 5.11 Å². The summed E-state index contributed by atoms with van der Waals surface area (Å²) >= 11 is 5.54.